The summed E-state index contributed by atoms with van der Waals surface area (Å²) >= 11 is 0. The molecule has 2 unspecified atom stereocenters. The Kier molecular flexibility index (Phi) is 37.6. The van der Waals surface area contributed by atoms with Crippen LogP contribution < -0.4 is 0 Å². The Balaban J connectivity index is -0.000000202. The maximum atomic E-state index is 11.5. The zero-order chi connectivity index (χ0) is 46.4. The Morgan fingerprint density at radius 3 is 1.02 bits per heavy atom. The highest BCUT2D eigenvalue weighted by molar-refractivity contribution is 5.73. The second kappa shape index (κ2) is 33.2. The molecule has 0 fully saturated rings. The predicted octanol–water partition coefficient (Wildman–Crippen LogP) is 16.0. The highest BCUT2D eigenvalue weighted by Gasteiger charge is 2.27. The van der Waals surface area contributed by atoms with E-state index in [1.54, 1.807) is 0 Å². The molecule has 0 spiro atoms. The molecule has 0 heterocycles. The van der Waals surface area contributed by atoms with Gasteiger partial charge < -0.3 is 14.2 Å². The maximum absolute atomic E-state index is 11.5. The lowest BCUT2D eigenvalue weighted by atomic mass is 9.82. The molecule has 0 N–H and O–H groups in total. The van der Waals surface area contributed by atoms with Gasteiger partial charge in [-0.2, -0.15) is 0 Å². The van der Waals surface area contributed by atoms with E-state index < -0.39 is 0 Å². The maximum Gasteiger partial charge on any atom is 0.309 e. The van der Waals surface area contributed by atoms with Crippen LogP contribution in [0.4, 0.5) is 0 Å². The molecule has 0 aromatic carbocycles. The van der Waals surface area contributed by atoms with E-state index in [9.17, 15) is 14.4 Å². The van der Waals surface area contributed by atoms with E-state index in [4.69, 9.17) is 14.2 Å². The van der Waals surface area contributed by atoms with Gasteiger partial charge in [0, 0.05) is 0 Å². The van der Waals surface area contributed by atoms with Crippen LogP contribution in [-0.2, 0) is 28.6 Å². The second-order valence-corrected chi connectivity index (χ2v) is 23.3. The molecule has 0 saturated heterocycles. The van der Waals surface area contributed by atoms with Gasteiger partial charge in [-0.3, -0.25) is 14.4 Å². The first-order valence-corrected chi connectivity index (χ1v) is 22.9. The number of hydrogen-bond donors (Lipinski definition) is 0. The van der Waals surface area contributed by atoms with Crippen molar-refractivity contribution in [1.29, 1.82) is 0 Å². The summed E-state index contributed by atoms with van der Waals surface area (Å²) in [6.45, 7) is 55.3. The Bertz CT molecular complexity index is 958. The van der Waals surface area contributed by atoms with Crippen molar-refractivity contribution >= 4 is 17.9 Å². The molecule has 0 aliphatic carbocycles. The fourth-order valence-electron chi connectivity index (χ4n) is 4.85. The van der Waals surface area contributed by atoms with E-state index in [2.05, 4.69) is 132 Å². The minimum absolute atomic E-state index is 0.00327. The summed E-state index contributed by atoms with van der Waals surface area (Å²) in [5, 5.41) is 0. The molecule has 0 bridgehead atoms. The van der Waals surface area contributed by atoms with Crippen molar-refractivity contribution in [3.8, 4) is 0 Å². The third-order valence-corrected chi connectivity index (χ3v) is 9.17. The lowest BCUT2D eigenvalue weighted by Gasteiger charge is -2.25. The predicted molar refractivity (Wildman–Crippen MR) is 251 cm³/mol. The van der Waals surface area contributed by atoms with Crippen LogP contribution in [0.1, 0.15) is 237 Å². The van der Waals surface area contributed by atoms with Crippen molar-refractivity contribution in [2.45, 2.75) is 237 Å². The summed E-state index contributed by atoms with van der Waals surface area (Å²) in [5.74, 6) is 0.975. The number of carbonyl (C=O) groups excluding carboxylic acids is 3. The molecule has 0 radical (unpaired) electrons. The van der Waals surface area contributed by atoms with Crippen LogP contribution in [0.5, 0.6) is 0 Å². The van der Waals surface area contributed by atoms with Crippen molar-refractivity contribution in [3.05, 3.63) is 0 Å². The molecule has 0 amide bonds. The summed E-state index contributed by atoms with van der Waals surface area (Å²) in [7, 11) is 0. The SMILES string of the molecule is CC(C)C(=O)OCCCC(C)(C)C.CC(C)C(C)C(=O)OCCCC(C)(C)C.CC(C)CC(C)(C)C.CCCCC(C)(C)C.CCCCOC(=O)C(C)C(C)(C)C. The van der Waals surface area contributed by atoms with Gasteiger partial charge in [0.2, 0.25) is 0 Å². The summed E-state index contributed by atoms with van der Waals surface area (Å²) in [6.07, 6.45) is 11.5. The summed E-state index contributed by atoms with van der Waals surface area (Å²) in [6, 6.07) is 0. The molecule has 0 aromatic heterocycles. The van der Waals surface area contributed by atoms with E-state index >= 15 is 0 Å². The molecule has 0 aromatic rings. The molecule has 346 valence electrons. The average Bonchev–Trinajstić information content (AvgIpc) is 3.01. The Labute approximate surface area is 359 Å². The molecule has 57 heavy (non-hydrogen) atoms. The third kappa shape index (κ3) is 56.5. The lowest BCUT2D eigenvalue weighted by molar-refractivity contribution is -0.152. The monoisotopic (exact) mass is 815 g/mol. The van der Waals surface area contributed by atoms with Crippen LogP contribution in [0.2, 0.25) is 0 Å². The van der Waals surface area contributed by atoms with E-state index in [1.807, 2.05) is 41.5 Å². The summed E-state index contributed by atoms with van der Waals surface area (Å²) in [5.41, 5.74) is 1.74. The molecule has 0 aliphatic heterocycles. The molecule has 6 heteroatoms. The third-order valence-electron chi connectivity index (χ3n) is 9.17. The molecule has 6 nitrogen and oxygen atoms in total. The largest absolute Gasteiger partial charge is 0.465 e. The van der Waals surface area contributed by atoms with Crippen molar-refractivity contribution in [2.75, 3.05) is 19.8 Å². The fourth-order valence-corrected chi connectivity index (χ4v) is 4.85. The van der Waals surface area contributed by atoms with Crippen LogP contribution in [0.25, 0.3) is 0 Å². The summed E-state index contributed by atoms with van der Waals surface area (Å²) < 4.78 is 15.4. The Hall–Kier alpha value is -1.59. The van der Waals surface area contributed by atoms with Crippen LogP contribution in [0.3, 0.4) is 0 Å². The minimum Gasteiger partial charge on any atom is -0.465 e. The van der Waals surface area contributed by atoms with Gasteiger partial charge in [-0.1, -0.05) is 192 Å². The van der Waals surface area contributed by atoms with Gasteiger partial charge in [0.1, 0.15) is 0 Å². The zero-order valence-corrected chi connectivity index (χ0v) is 43.5. The van der Waals surface area contributed by atoms with Crippen LogP contribution in [0.15, 0.2) is 0 Å². The topological polar surface area (TPSA) is 78.9 Å². The molecule has 0 saturated carbocycles. The zero-order valence-electron chi connectivity index (χ0n) is 43.5. The van der Waals surface area contributed by atoms with Crippen molar-refractivity contribution in [2.24, 2.45) is 56.7 Å². The van der Waals surface area contributed by atoms with Gasteiger partial charge >= 0.3 is 17.9 Å². The average molecular weight is 815 g/mol. The van der Waals surface area contributed by atoms with Crippen LogP contribution in [-0.4, -0.2) is 37.7 Å². The number of unbranched alkanes of at least 4 members (excludes halogenated alkanes) is 2. The van der Waals surface area contributed by atoms with Crippen LogP contribution in [0, 0.1) is 56.7 Å². The first-order chi connectivity index (χ1) is 25.4. The van der Waals surface area contributed by atoms with Crippen molar-refractivity contribution in [1.82, 2.24) is 0 Å². The number of rotatable bonds is 16. The van der Waals surface area contributed by atoms with Gasteiger partial charge in [-0.05, 0) is 83.9 Å². The van der Waals surface area contributed by atoms with Gasteiger partial charge in [0.05, 0.1) is 37.6 Å². The first-order valence-electron chi connectivity index (χ1n) is 22.9. The highest BCUT2D eigenvalue weighted by atomic mass is 16.5. The molecular formula is C51H106O6. The van der Waals surface area contributed by atoms with E-state index in [0.717, 1.165) is 44.4 Å². The standard InChI is InChI=1S/C13H26O2.2C11H22O2.2C8H18/c1-10(2)11(3)12(14)15-9-7-8-13(4,5)6;1-9(2)10(12)13-8-6-7-11(3,4)5;1-6-7-8-13-10(12)9(2)11(3,4)5;1-7(2)6-8(3,4)5;1-5-6-7-8(2,3)4/h10-11H,7-9H2,1-6H3;2*9H,6-8H2,1-5H3;7H,6H2,1-5H3;5-7H2,1-4H3. The first kappa shape index (κ1) is 64.6. The van der Waals surface area contributed by atoms with Gasteiger partial charge in [-0.25, -0.2) is 0 Å². The number of carbonyl (C=O) groups is 3. The normalized spacial score (nSPS) is 13.1. The molecule has 2 atom stereocenters. The van der Waals surface area contributed by atoms with Gasteiger partial charge in [0.25, 0.3) is 0 Å². The highest BCUT2D eigenvalue weighted by Crippen LogP contribution is 2.27. The lowest BCUT2D eigenvalue weighted by Crippen LogP contribution is -2.27. The number of hydrogen-bond acceptors (Lipinski definition) is 6. The van der Waals surface area contributed by atoms with E-state index in [0.29, 0.717) is 47.4 Å². The second-order valence-electron chi connectivity index (χ2n) is 23.3. The quantitative estimate of drug-likeness (QED) is 0.0877. The fraction of sp³-hybridized carbons (Fsp3) is 0.941. The van der Waals surface area contributed by atoms with E-state index in [1.165, 1.54) is 25.7 Å². The number of esters is 3. The minimum atomic E-state index is -0.0890. The van der Waals surface area contributed by atoms with Crippen LogP contribution >= 0.6 is 0 Å². The number of ether oxygens (including phenoxy) is 3. The Morgan fingerprint density at radius 1 is 0.439 bits per heavy atom. The van der Waals surface area contributed by atoms with Crippen molar-refractivity contribution < 1.29 is 28.6 Å². The van der Waals surface area contributed by atoms with Gasteiger partial charge in [0.15, 0.2) is 0 Å². The molecule has 0 aliphatic rings. The van der Waals surface area contributed by atoms with E-state index in [-0.39, 0.29) is 41.1 Å². The Morgan fingerprint density at radius 2 is 0.772 bits per heavy atom. The van der Waals surface area contributed by atoms with Crippen molar-refractivity contribution in [3.63, 3.8) is 0 Å². The van der Waals surface area contributed by atoms with Gasteiger partial charge in [-0.15, -0.1) is 0 Å². The summed E-state index contributed by atoms with van der Waals surface area (Å²) in [4.78, 5) is 34.0. The smallest absolute Gasteiger partial charge is 0.309 e. The molecule has 0 rings (SSSR count). The molecular weight excluding hydrogens is 709 g/mol.